The van der Waals surface area contributed by atoms with Gasteiger partial charge in [0.05, 0.1) is 20.3 Å². The monoisotopic (exact) mass is 119 g/mol. The highest BCUT2D eigenvalue weighted by molar-refractivity contribution is 4.40. The van der Waals surface area contributed by atoms with Crippen molar-refractivity contribution >= 4 is 0 Å². The predicted molar refractivity (Wildman–Crippen MR) is 25.8 cm³/mol. The fourth-order valence-electron chi connectivity index (χ4n) is 0.523. The van der Waals surface area contributed by atoms with Crippen molar-refractivity contribution in [2.75, 3.05) is 20.3 Å². The molecule has 4 heteroatoms. The van der Waals surface area contributed by atoms with Gasteiger partial charge < -0.3 is 14.3 Å². The standard InChI is InChI=1S/C4H9NO3/c1-6-5-4-7-2-3-8-4/h4-5H,2-3H2,1H3. The molecule has 0 aliphatic carbocycles. The van der Waals surface area contributed by atoms with Gasteiger partial charge in [0.25, 0.3) is 0 Å². The molecule has 1 aliphatic rings. The Hall–Kier alpha value is -0.160. The summed E-state index contributed by atoms with van der Waals surface area (Å²) in [5.74, 6) is 0. The minimum Gasteiger partial charge on any atom is -0.336 e. The number of hydrogen-bond donors (Lipinski definition) is 1. The molecule has 1 rings (SSSR count). The van der Waals surface area contributed by atoms with E-state index in [4.69, 9.17) is 9.47 Å². The topological polar surface area (TPSA) is 39.7 Å². The number of hydrogen-bond acceptors (Lipinski definition) is 4. The Kier molecular flexibility index (Phi) is 2.23. The Balaban J connectivity index is 2.06. The van der Waals surface area contributed by atoms with Gasteiger partial charge in [0.2, 0.25) is 6.41 Å². The van der Waals surface area contributed by atoms with Gasteiger partial charge in [-0.3, -0.25) is 0 Å². The average molecular weight is 119 g/mol. The summed E-state index contributed by atoms with van der Waals surface area (Å²) in [7, 11) is 1.52. The Morgan fingerprint density at radius 1 is 1.50 bits per heavy atom. The summed E-state index contributed by atoms with van der Waals surface area (Å²) in [6.07, 6.45) is -0.361. The molecule has 48 valence electrons. The maximum Gasteiger partial charge on any atom is 0.238 e. The molecule has 0 aromatic carbocycles. The van der Waals surface area contributed by atoms with Gasteiger partial charge in [-0.1, -0.05) is 0 Å². The first-order valence-electron chi connectivity index (χ1n) is 2.45. The van der Waals surface area contributed by atoms with E-state index in [1.165, 1.54) is 7.11 Å². The lowest BCUT2D eigenvalue weighted by molar-refractivity contribution is -0.148. The molecule has 0 bridgehead atoms. The third-order valence-electron chi connectivity index (χ3n) is 0.836. The summed E-state index contributed by atoms with van der Waals surface area (Å²) < 4.78 is 9.87. The Bertz CT molecular complexity index is 62.3. The second kappa shape index (κ2) is 2.99. The molecule has 0 saturated carbocycles. The summed E-state index contributed by atoms with van der Waals surface area (Å²) >= 11 is 0. The Morgan fingerprint density at radius 3 is 2.62 bits per heavy atom. The lowest BCUT2D eigenvalue weighted by Gasteiger charge is -2.06. The molecule has 8 heavy (non-hydrogen) atoms. The summed E-state index contributed by atoms with van der Waals surface area (Å²) in [5, 5.41) is 0. The van der Waals surface area contributed by atoms with E-state index in [0.717, 1.165) is 0 Å². The molecular formula is C4H9NO3. The van der Waals surface area contributed by atoms with E-state index in [1.807, 2.05) is 0 Å². The highest BCUT2D eigenvalue weighted by Crippen LogP contribution is 1.97. The molecule has 1 saturated heterocycles. The quantitative estimate of drug-likeness (QED) is 0.496. The maximum atomic E-state index is 4.94. The normalized spacial score (nSPS) is 22.1. The van der Waals surface area contributed by atoms with Crippen LogP contribution in [0.1, 0.15) is 0 Å². The minimum atomic E-state index is -0.361. The van der Waals surface area contributed by atoms with Crippen LogP contribution in [0.5, 0.6) is 0 Å². The molecule has 1 aliphatic heterocycles. The van der Waals surface area contributed by atoms with Crippen LogP contribution in [0, 0.1) is 0 Å². The third-order valence-corrected chi connectivity index (χ3v) is 0.836. The van der Waals surface area contributed by atoms with E-state index in [-0.39, 0.29) is 6.41 Å². The lowest BCUT2D eigenvalue weighted by atomic mass is 10.8. The third kappa shape index (κ3) is 1.41. The molecule has 0 spiro atoms. The van der Waals surface area contributed by atoms with E-state index < -0.39 is 0 Å². The van der Waals surface area contributed by atoms with E-state index >= 15 is 0 Å². The van der Waals surface area contributed by atoms with Crippen LogP contribution in [-0.2, 0) is 14.3 Å². The Labute approximate surface area is 47.7 Å². The molecule has 1 heterocycles. The minimum absolute atomic E-state index is 0.361. The van der Waals surface area contributed by atoms with E-state index in [9.17, 15) is 0 Å². The molecule has 0 aromatic heterocycles. The first kappa shape index (κ1) is 5.97. The van der Waals surface area contributed by atoms with Crippen LogP contribution in [-0.4, -0.2) is 26.7 Å². The van der Waals surface area contributed by atoms with Gasteiger partial charge in [0.1, 0.15) is 0 Å². The second-order valence-electron chi connectivity index (χ2n) is 1.40. The fraction of sp³-hybridized carbons (Fsp3) is 1.00. The molecule has 0 amide bonds. The van der Waals surface area contributed by atoms with Gasteiger partial charge in [-0.2, -0.15) is 0 Å². The zero-order valence-electron chi connectivity index (χ0n) is 4.72. The van der Waals surface area contributed by atoms with Gasteiger partial charge in [-0.05, 0) is 0 Å². The van der Waals surface area contributed by atoms with Crippen molar-refractivity contribution in [1.82, 2.24) is 5.48 Å². The molecule has 1 fully saturated rings. The van der Waals surface area contributed by atoms with Crippen molar-refractivity contribution in [2.24, 2.45) is 0 Å². The van der Waals surface area contributed by atoms with Gasteiger partial charge in [0.15, 0.2) is 0 Å². The maximum absolute atomic E-state index is 4.94. The van der Waals surface area contributed by atoms with Crippen molar-refractivity contribution in [3.05, 3.63) is 0 Å². The summed E-state index contributed by atoms with van der Waals surface area (Å²) in [6, 6.07) is 0. The zero-order valence-corrected chi connectivity index (χ0v) is 4.72. The zero-order chi connectivity index (χ0) is 5.82. The number of hydroxylamine groups is 1. The van der Waals surface area contributed by atoms with Gasteiger partial charge in [-0.15, -0.1) is 5.48 Å². The van der Waals surface area contributed by atoms with E-state index in [1.54, 1.807) is 0 Å². The van der Waals surface area contributed by atoms with Gasteiger partial charge in [-0.25, -0.2) is 0 Å². The smallest absolute Gasteiger partial charge is 0.238 e. The highest BCUT2D eigenvalue weighted by atomic mass is 16.8. The second-order valence-corrected chi connectivity index (χ2v) is 1.40. The molecule has 0 unspecified atom stereocenters. The lowest BCUT2D eigenvalue weighted by Crippen LogP contribution is -2.28. The van der Waals surface area contributed by atoms with Crippen LogP contribution in [0.4, 0.5) is 0 Å². The van der Waals surface area contributed by atoms with Crippen LogP contribution in [0.15, 0.2) is 0 Å². The first-order valence-corrected chi connectivity index (χ1v) is 2.45. The molecular weight excluding hydrogens is 110 g/mol. The predicted octanol–water partition coefficient (Wildman–Crippen LogP) is -0.532. The van der Waals surface area contributed by atoms with Crippen LogP contribution in [0.2, 0.25) is 0 Å². The number of ether oxygens (including phenoxy) is 2. The van der Waals surface area contributed by atoms with Crippen LogP contribution in [0.25, 0.3) is 0 Å². The number of rotatable bonds is 2. The molecule has 4 nitrogen and oxygen atoms in total. The van der Waals surface area contributed by atoms with Crippen LogP contribution >= 0.6 is 0 Å². The summed E-state index contributed by atoms with van der Waals surface area (Å²) in [4.78, 5) is 4.53. The molecule has 0 aromatic rings. The van der Waals surface area contributed by atoms with Crippen molar-refractivity contribution in [3.63, 3.8) is 0 Å². The van der Waals surface area contributed by atoms with Crippen molar-refractivity contribution in [3.8, 4) is 0 Å². The van der Waals surface area contributed by atoms with Gasteiger partial charge in [0, 0.05) is 0 Å². The number of nitrogens with one attached hydrogen (secondary N) is 1. The van der Waals surface area contributed by atoms with Crippen molar-refractivity contribution < 1.29 is 14.3 Å². The van der Waals surface area contributed by atoms with Gasteiger partial charge >= 0.3 is 0 Å². The van der Waals surface area contributed by atoms with E-state index in [0.29, 0.717) is 13.2 Å². The van der Waals surface area contributed by atoms with Crippen molar-refractivity contribution in [2.45, 2.75) is 6.41 Å². The SMILES string of the molecule is CONC1OCCO1. The van der Waals surface area contributed by atoms with Crippen molar-refractivity contribution in [1.29, 1.82) is 0 Å². The van der Waals surface area contributed by atoms with Crippen LogP contribution in [0.3, 0.4) is 0 Å². The molecule has 0 radical (unpaired) electrons. The molecule has 0 atom stereocenters. The highest BCUT2D eigenvalue weighted by Gasteiger charge is 2.13. The average Bonchev–Trinajstić information content (AvgIpc) is 2.19. The summed E-state index contributed by atoms with van der Waals surface area (Å²) in [5.41, 5.74) is 2.50. The fourth-order valence-corrected chi connectivity index (χ4v) is 0.523. The Morgan fingerprint density at radius 2 is 2.12 bits per heavy atom. The van der Waals surface area contributed by atoms with Crippen LogP contribution < -0.4 is 5.48 Å². The largest absolute Gasteiger partial charge is 0.336 e. The molecule has 1 N–H and O–H groups in total. The van der Waals surface area contributed by atoms with E-state index in [2.05, 4.69) is 10.3 Å². The summed E-state index contributed by atoms with van der Waals surface area (Å²) in [6.45, 7) is 1.28. The first-order chi connectivity index (χ1) is 3.93.